The number of nitrogens with zero attached hydrogens (tertiary/aromatic N) is 1. The van der Waals surface area contributed by atoms with Crippen LogP contribution >= 0.6 is 22.7 Å². The second kappa shape index (κ2) is 4.71. The molecule has 0 bridgehead atoms. The van der Waals surface area contributed by atoms with E-state index in [-0.39, 0.29) is 12.0 Å². The molecule has 4 rings (SSSR count). The molecule has 4 heteroatoms. The van der Waals surface area contributed by atoms with Gasteiger partial charge in [0, 0.05) is 22.2 Å². The number of amides is 1. The van der Waals surface area contributed by atoms with E-state index >= 15 is 0 Å². The Morgan fingerprint density at radius 2 is 2.15 bits per heavy atom. The summed E-state index contributed by atoms with van der Waals surface area (Å²) >= 11 is 3.59. The predicted molar refractivity (Wildman–Crippen MR) is 83.2 cm³/mol. The third-order valence-electron chi connectivity index (χ3n) is 4.49. The molecule has 0 radical (unpaired) electrons. The Bertz CT molecular complexity index is 631. The number of carbonyl (C=O) groups excluding carboxylic acids is 1. The van der Waals surface area contributed by atoms with Gasteiger partial charge in [-0.2, -0.15) is 0 Å². The Hall–Kier alpha value is -1.13. The van der Waals surface area contributed by atoms with Crippen molar-refractivity contribution >= 4 is 28.6 Å². The first-order valence-corrected chi connectivity index (χ1v) is 8.92. The molecular formula is C16H17NOS2. The fraction of sp³-hybridized carbons (Fsp3) is 0.438. The summed E-state index contributed by atoms with van der Waals surface area (Å²) in [4.78, 5) is 17.6. The van der Waals surface area contributed by atoms with E-state index in [1.807, 2.05) is 11.3 Å². The lowest BCUT2D eigenvalue weighted by Gasteiger charge is -2.35. The third kappa shape index (κ3) is 1.93. The van der Waals surface area contributed by atoms with E-state index in [2.05, 4.69) is 40.8 Å². The smallest absolute Gasteiger partial charge is 0.226 e. The highest BCUT2D eigenvalue weighted by molar-refractivity contribution is 7.10. The van der Waals surface area contributed by atoms with E-state index in [9.17, 15) is 4.79 Å². The quantitative estimate of drug-likeness (QED) is 0.823. The third-order valence-corrected chi connectivity index (χ3v) is 6.41. The molecule has 2 aromatic heterocycles. The molecule has 0 spiro atoms. The van der Waals surface area contributed by atoms with Crippen molar-refractivity contribution in [2.24, 2.45) is 11.8 Å². The van der Waals surface area contributed by atoms with E-state index in [0.29, 0.717) is 11.8 Å². The number of rotatable bonds is 2. The average Bonchev–Trinajstić information content (AvgIpc) is 2.92. The van der Waals surface area contributed by atoms with E-state index in [1.54, 1.807) is 11.3 Å². The maximum atomic E-state index is 12.7. The van der Waals surface area contributed by atoms with Crippen LogP contribution in [-0.4, -0.2) is 17.4 Å². The van der Waals surface area contributed by atoms with Crippen LogP contribution in [0.2, 0.25) is 0 Å². The van der Waals surface area contributed by atoms with Crippen LogP contribution in [0, 0.1) is 11.8 Å². The lowest BCUT2D eigenvalue weighted by molar-refractivity contribution is -0.134. The van der Waals surface area contributed by atoms with Gasteiger partial charge in [-0.3, -0.25) is 4.79 Å². The van der Waals surface area contributed by atoms with Crippen LogP contribution in [0.5, 0.6) is 0 Å². The number of thiophene rings is 2. The molecule has 1 aliphatic heterocycles. The van der Waals surface area contributed by atoms with Gasteiger partial charge in [0.25, 0.3) is 0 Å². The molecule has 0 N–H and O–H groups in total. The summed E-state index contributed by atoms with van der Waals surface area (Å²) < 4.78 is 0. The van der Waals surface area contributed by atoms with Crippen molar-refractivity contribution in [2.45, 2.75) is 25.8 Å². The lowest BCUT2D eigenvalue weighted by Crippen LogP contribution is -2.40. The molecular weight excluding hydrogens is 286 g/mol. The van der Waals surface area contributed by atoms with Crippen molar-refractivity contribution < 1.29 is 4.79 Å². The first kappa shape index (κ1) is 12.6. The largest absolute Gasteiger partial charge is 0.330 e. The normalized spacial score (nSPS) is 28.2. The minimum atomic E-state index is 0.158. The van der Waals surface area contributed by atoms with Gasteiger partial charge in [0.1, 0.15) is 0 Å². The minimum Gasteiger partial charge on any atom is -0.330 e. The van der Waals surface area contributed by atoms with Gasteiger partial charge in [-0.05, 0) is 47.2 Å². The Kier molecular flexibility index (Phi) is 2.97. The SMILES string of the molecule is C[C@@H]1C[C@@H]1C(=O)N1CCc2sccc2[C@@H]1c1cccs1. The molecule has 0 saturated heterocycles. The second-order valence-corrected chi connectivity index (χ2v) is 7.80. The number of carbonyl (C=O) groups is 1. The molecule has 2 aromatic rings. The predicted octanol–water partition coefficient (Wildman–Crippen LogP) is 3.94. The molecule has 104 valence electrons. The summed E-state index contributed by atoms with van der Waals surface area (Å²) in [7, 11) is 0. The zero-order chi connectivity index (χ0) is 13.7. The molecule has 1 fully saturated rings. The van der Waals surface area contributed by atoms with Crippen molar-refractivity contribution in [3.63, 3.8) is 0 Å². The van der Waals surface area contributed by atoms with Crippen molar-refractivity contribution in [1.82, 2.24) is 4.90 Å². The molecule has 20 heavy (non-hydrogen) atoms. The van der Waals surface area contributed by atoms with Crippen molar-refractivity contribution in [1.29, 1.82) is 0 Å². The Morgan fingerprint density at radius 3 is 2.85 bits per heavy atom. The van der Waals surface area contributed by atoms with E-state index in [0.717, 1.165) is 19.4 Å². The molecule has 0 aromatic carbocycles. The highest BCUT2D eigenvalue weighted by Crippen LogP contribution is 2.45. The minimum absolute atomic E-state index is 0.158. The fourth-order valence-electron chi connectivity index (χ4n) is 3.19. The van der Waals surface area contributed by atoms with Gasteiger partial charge in [0.05, 0.1) is 6.04 Å². The van der Waals surface area contributed by atoms with Gasteiger partial charge < -0.3 is 4.90 Å². The average molecular weight is 303 g/mol. The van der Waals surface area contributed by atoms with E-state index < -0.39 is 0 Å². The highest BCUT2D eigenvalue weighted by Gasteiger charge is 2.44. The molecule has 1 amide bonds. The van der Waals surface area contributed by atoms with Crippen molar-refractivity contribution in [3.8, 4) is 0 Å². The molecule has 2 nitrogen and oxygen atoms in total. The summed E-state index contributed by atoms with van der Waals surface area (Å²) in [5, 5.41) is 4.28. The maximum Gasteiger partial charge on any atom is 0.226 e. The van der Waals surface area contributed by atoms with Crippen molar-refractivity contribution in [3.05, 3.63) is 44.3 Å². The topological polar surface area (TPSA) is 20.3 Å². The van der Waals surface area contributed by atoms with Gasteiger partial charge in [-0.25, -0.2) is 0 Å². The van der Waals surface area contributed by atoms with Crippen LogP contribution in [0.3, 0.4) is 0 Å². The van der Waals surface area contributed by atoms with Crippen LogP contribution in [0.25, 0.3) is 0 Å². The van der Waals surface area contributed by atoms with Crippen LogP contribution in [-0.2, 0) is 11.2 Å². The molecule has 0 unspecified atom stereocenters. The van der Waals surface area contributed by atoms with Crippen LogP contribution in [0.4, 0.5) is 0 Å². The zero-order valence-corrected chi connectivity index (χ0v) is 13.0. The molecule has 1 aliphatic carbocycles. The molecule has 1 saturated carbocycles. The standard InChI is InChI=1S/C16H17NOS2/c1-10-9-12(10)16(18)17-6-4-13-11(5-8-20-13)15(17)14-3-2-7-19-14/h2-3,5,7-8,10,12,15H,4,6,9H2,1H3/t10-,12+,15-/m1/s1. The first-order chi connectivity index (χ1) is 9.75. The Morgan fingerprint density at radius 1 is 1.30 bits per heavy atom. The van der Waals surface area contributed by atoms with Gasteiger partial charge >= 0.3 is 0 Å². The summed E-state index contributed by atoms with van der Waals surface area (Å²) in [5.41, 5.74) is 1.35. The van der Waals surface area contributed by atoms with Crippen LogP contribution < -0.4 is 0 Å². The second-order valence-electron chi connectivity index (χ2n) is 5.82. The summed E-state index contributed by atoms with van der Waals surface area (Å²) in [6.07, 6.45) is 2.09. The monoisotopic (exact) mass is 303 g/mol. The highest BCUT2D eigenvalue weighted by atomic mass is 32.1. The number of hydrogen-bond donors (Lipinski definition) is 0. The van der Waals surface area contributed by atoms with Gasteiger partial charge in [-0.1, -0.05) is 13.0 Å². The van der Waals surface area contributed by atoms with Gasteiger partial charge in [0.2, 0.25) is 5.91 Å². The van der Waals surface area contributed by atoms with Crippen molar-refractivity contribution in [2.75, 3.05) is 6.54 Å². The maximum absolute atomic E-state index is 12.7. The molecule has 3 heterocycles. The van der Waals surface area contributed by atoms with E-state index in [1.165, 1.54) is 15.3 Å². The van der Waals surface area contributed by atoms with Gasteiger partial charge in [-0.15, -0.1) is 22.7 Å². The summed E-state index contributed by atoms with van der Waals surface area (Å²) in [6, 6.07) is 6.62. The molecule has 3 atom stereocenters. The van der Waals surface area contributed by atoms with Gasteiger partial charge in [0.15, 0.2) is 0 Å². The van der Waals surface area contributed by atoms with E-state index in [4.69, 9.17) is 0 Å². The fourth-order valence-corrected chi connectivity index (χ4v) is 4.94. The summed E-state index contributed by atoms with van der Waals surface area (Å²) in [6.45, 7) is 3.06. The number of fused-ring (bicyclic) bond motifs is 1. The van der Waals surface area contributed by atoms with Crippen LogP contribution in [0.15, 0.2) is 29.0 Å². The first-order valence-electron chi connectivity index (χ1n) is 7.16. The zero-order valence-electron chi connectivity index (χ0n) is 11.4. The molecule has 2 aliphatic rings. The lowest BCUT2D eigenvalue weighted by atomic mass is 9.98. The number of hydrogen-bond acceptors (Lipinski definition) is 3. The Labute approximate surface area is 127 Å². The van der Waals surface area contributed by atoms with Crippen LogP contribution in [0.1, 0.15) is 34.7 Å². The summed E-state index contributed by atoms with van der Waals surface area (Å²) in [5.74, 6) is 1.22. The Balaban J connectivity index is 1.73.